The SMILES string of the molecule is Nc1c(Cl)cc(C(=O)CCC2C3CNCC23)c2c1CCO2. The highest BCUT2D eigenvalue weighted by atomic mass is 35.5. The van der Waals surface area contributed by atoms with Gasteiger partial charge in [-0.2, -0.15) is 0 Å². The van der Waals surface area contributed by atoms with E-state index in [1.807, 2.05) is 0 Å². The van der Waals surface area contributed by atoms with Crippen molar-refractivity contribution in [2.75, 3.05) is 25.4 Å². The molecule has 1 saturated heterocycles. The minimum absolute atomic E-state index is 0.132. The number of ether oxygens (including phenoxy) is 1. The summed E-state index contributed by atoms with van der Waals surface area (Å²) >= 11 is 6.15. The fraction of sp³-hybridized carbons (Fsp3) is 0.562. The van der Waals surface area contributed by atoms with Crippen LogP contribution in [0.5, 0.6) is 5.75 Å². The van der Waals surface area contributed by atoms with Gasteiger partial charge in [-0.15, -0.1) is 0 Å². The summed E-state index contributed by atoms with van der Waals surface area (Å²) in [6.07, 6.45) is 2.29. The number of ketones is 1. The molecule has 5 heteroatoms. The van der Waals surface area contributed by atoms with Gasteiger partial charge < -0.3 is 15.8 Å². The third kappa shape index (κ3) is 2.12. The molecule has 2 unspecified atom stereocenters. The van der Waals surface area contributed by atoms with Crippen LogP contribution >= 0.6 is 11.6 Å². The first-order valence-electron chi connectivity index (χ1n) is 7.64. The number of hydrogen-bond acceptors (Lipinski definition) is 4. The Morgan fingerprint density at radius 1 is 1.43 bits per heavy atom. The van der Waals surface area contributed by atoms with E-state index in [1.165, 1.54) is 0 Å². The molecule has 3 N–H and O–H groups in total. The topological polar surface area (TPSA) is 64.4 Å². The molecule has 112 valence electrons. The molecule has 0 radical (unpaired) electrons. The largest absolute Gasteiger partial charge is 0.492 e. The number of nitrogen functional groups attached to an aromatic ring is 1. The Labute approximate surface area is 129 Å². The number of nitrogens with two attached hydrogens (primary N) is 1. The van der Waals surface area contributed by atoms with Crippen LogP contribution < -0.4 is 15.8 Å². The molecule has 1 saturated carbocycles. The van der Waals surface area contributed by atoms with Crippen LogP contribution in [0.1, 0.15) is 28.8 Å². The van der Waals surface area contributed by atoms with Crippen molar-refractivity contribution in [2.45, 2.75) is 19.3 Å². The van der Waals surface area contributed by atoms with E-state index in [0.29, 0.717) is 35.1 Å². The van der Waals surface area contributed by atoms with Gasteiger partial charge in [0.15, 0.2) is 5.78 Å². The van der Waals surface area contributed by atoms with Crippen molar-refractivity contribution in [3.05, 3.63) is 22.2 Å². The average Bonchev–Trinajstić information content (AvgIpc) is 2.92. The molecule has 0 spiro atoms. The van der Waals surface area contributed by atoms with E-state index in [2.05, 4.69) is 5.32 Å². The minimum Gasteiger partial charge on any atom is -0.492 e. The first kappa shape index (κ1) is 13.4. The lowest BCUT2D eigenvalue weighted by Gasteiger charge is -2.11. The van der Waals surface area contributed by atoms with Gasteiger partial charge in [0.05, 0.1) is 22.9 Å². The lowest BCUT2D eigenvalue weighted by molar-refractivity contribution is 0.0973. The molecule has 3 aliphatic rings. The standard InChI is InChI=1S/C16H19ClN2O2/c17-13-5-10(16-9(15(13)18)3-4-21-16)14(20)2-1-8-11-6-19-7-12(8)11/h5,8,11-12,19H,1-4,6-7,18H2. The summed E-state index contributed by atoms with van der Waals surface area (Å²) < 4.78 is 5.61. The fourth-order valence-electron chi connectivity index (χ4n) is 3.98. The summed E-state index contributed by atoms with van der Waals surface area (Å²) in [5.41, 5.74) is 8.04. The summed E-state index contributed by atoms with van der Waals surface area (Å²) in [5.74, 6) is 3.13. The third-order valence-electron chi connectivity index (χ3n) is 5.24. The van der Waals surface area contributed by atoms with Crippen molar-refractivity contribution >= 4 is 23.1 Å². The summed E-state index contributed by atoms with van der Waals surface area (Å²) in [4.78, 5) is 12.5. The number of benzene rings is 1. The molecule has 1 aromatic rings. The van der Waals surface area contributed by atoms with Gasteiger partial charge in [0.25, 0.3) is 0 Å². The van der Waals surface area contributed by atoms with Crippen LogP contribution in [0.15, 0.2) is 6.07 Å². The molecular weight excluding hydrogens is 288 g/mol. The molecule has 4 nitrogen and oxygen atoms in total. The van der Waals surface area contributed by atoms with Crippen LogP contribution in [0.3, 0.4) is 0 Å². The Morgan fingerprint density at radius 2 is 2.19 bits per heavy atom. The number of anilines is 1. The Bertz CT molecular complexity index is 607. The van der Waals surface area contributed by atoms with E-state index in [9.17, 15) is 4.79 Å². The molecule has 0 amide bonds. The molecule has 0 bridgehead atoms. The van der Waals surface area contributed by atoms with Crippen LogP contribution in [-0.2, 0) is 6.42 Å². The molecular formula is C16H19ClN2O2. The van der Waals surface area contributed by atoms with E-state index in [4.69, 9.17) is 22.1 Å². The average molecular weight is 307 g/mol. The van der Waals surface area contributed by atoms with Crippen LogP contribution in [0.2, 0.25) is 5.02 Å². The second-order valence-corrected chi connectivity index (χ2v) is 6.74. The van der Waals surface area contributed by atoms with Crippen molar-refractivity contribution in [1.82, 2.24) is 5.32 Å². The number of nitrogens with one attached hydrogen (secondary N) is 1. The van der Waals surface area contributed by atoms with Gasteiger partial charge in [-0.1, -0.05) is 11.6 Å². The predicted molar refractivity (Wildman–Crippen MR) is 82.0 cm³/mol. The maximum atomic E-state index is 12.5. The quantitative estimate of drug-likeness (QED) is 0.662. The first-order valence-corrected chi connectivity index (χ1v) is 8.02. The van der Waals surface area contributed by atoms with Crippen LogP contribution in [0, 0.1) is 17.8 Å². The number of halogens is 1. The molecule has 2 fully saturated rings. The van der Waals surface area contributed by atoms with Gasteiger partial charge in [0, 0.05) is 18.4 Å². The number of Topliss-reactive ketones (excluding diaryl/α,β-unsaturated/α-hetero) is 1. The molecule has 21 heavy (non-hydrogen) atoms. The van der Waals surface area contributed by atoms with E-state index < -0.39 is 0 Å². The maximum absolute atomic E-state index is 12.5. The molecule has 2 heterocycles. The number of hydrogen-bond donors (Lipinski definition) is 2. The number of fused-ring (bicyclic) bond motifs is 2. The van der Waals surface area contributed by atoms with Crippen molar-refractivity contribution < 1.29 is 9.53 Å². The van der Waals surface area contributed by atoms with Crippen LogP contribution in [-0.4, -0.2) is 25.5 Å². The zero-order valence-electron chi connectivity index (χ0n) is 11.8. The van der Waals surface area contributed by atoms with Crippen molar-refractivity contribution in [1.29, 1.82) is 0 Å². The number of rotatable bonds is 4. The van der Waals surface area contributed by atoms with Crippen LogP contribution in [0.25, 0.3) is 0 Å². The molecule has 2 atom stereocenters. The molecule has 4 rings (SSSR count). The highest BCUT2D eigenvalue weighted by Gasteiger charge is 2.52. The van der Waals surface area contributed by atoms with E-state index >= 15 is 0 Å². The number of carbonyl (C=O) groups excluding carboxylic acids is 1. The minimum atomic E-state index is 0.132. The van der Waals surface area contributed by atoms with Gasteiger partial charge in [-0.25, -0.2) is 0 Å². The molecule has 2 aliphatic heterocycles. The highest BCUT2D eigenvalue weighted by Crippen LogP contribution is 2.51. The van der Waals surface area contributed by atoms with Crippen LogP contribution in [0.4, 0.5) is 5.69 Å². The molecule has 1 aromatic carbocycles. The van der Waals surface area contributed by atoms with Crippen molar-refractivity contribution in [3.63, 3.8) is 0 Å². The summed E-state index contributed by atoms with van der Waals surface area (Å²) in [6.45, 7) is 2.82. The van der Waals surface area contributed by atoms with E-state index in [1.54, 1.807) is 6.07 Å². The highest BCUT2D eigenvalue weighted by molar-refractivity contribution is 6.33. The Morgan fingerprint density at radius 3 is 2.95 bits per heavy atom. The monoisotopic (exact) mass is 306 g/mol. The van der Waals surface area contributed by atoms with Crippen molar-refractivity contribution in [2.24, 2.45) is 17.8 Å². The second kappa shape index (κ2) is 4.89. The smallest absolute Gasteiger partial charge is 0.166 e. The van der Waals surface area contributed by atoms with Gasteiger partial charge in [-0.05, 0) is 43.3 Å². The lowest BCUT2D eigenvalue weighted by Crippen LogP contribution is -2.15. The Kier molecular flexibility index (Phi) is 3.12. The number of carbonyl (C=O) groups is 1. The lowest BCUT2D eigenvalue weighted by atomic mass is 9.99. The van der Waals surface area contributed by atoms with Gasteiger partial charge in [0.2, 0.25) is 0 Å². The van der Waals surface area contributed by atoms with Gasteiger partial charge in [-0.3, -0.25) is 4.79 Å². The first-order chi connectivity index (χ1) is 10.2. The second-order valence-electron chi connectivity index (χ2n) is 6.34. The zero-order chi connectivity index (χ0) is 14.6. The fourth-order valence-corrected chi connectivity index (χ4v) is 4.20. The van der Waals surface area contributed by atoms with E-state index in [-0.39, 0.29) is 5.78 Å². The Hall–Kier alpha value is -1.26. The maximum Gasteiger partial charge on any atom is 0.166 e. The van der Waals surface area contributed by atoms with Gasteiger partial charge >= 0.3 is 0 Å². The predicted octanol–water partition coefficient (Wildman–Crippen LogP) is 2.29. The molecule has 1 aliphatic carbocycles. The van der Waals surface area contributed by atoms with Crippen molar-refractivity contribution in [3.8, 4) is 5.75 Å². The third-order valence-corrected chi connectivity index (χ3v) is 5.56. The van der Waals surface area contributed by atoms with Gasteiger partial charge in [0.1, 0.15) is 5.75 Å². The summed E-state index contributed by atoms with van der Waals surface area (Å²) in [5, 5.41) is 3.85. The zero-order valence-corrected chi connectivity index (χ0v) is 12.6. The Balaban J connectivity index is 1.49. The number of piperidine rings is 1. The summed E-state index contributed by atoms with van der Waals surface area (Å²) in [6, 6.07) is 1.68. The normalized spacial score (nSPS) is 28.9. The van der Waals surface area contributed by atoms with E-state index in [0.717, 1.165) is 49.2 Å². The summed E-state index contributed by atoms with van der Waals surface area (Å²) in [7, 11) is 0. The molecule has 0 aromatic heterocycles.